The molecule has 25 heavy (non-hydrogen) atoms. The van der Waals surface area contributed by atoms with Crippen molar-refractivity contribution in [3.63, 3.8) is 0 Å². The van der Waals surface area contributed by atoms with Gasteiger partial charge in [0.15, 0.2) is 0 Å². The van der Waals surface area contributed by atoms with Gasteiger partial charge in [0.2, 0.25) is 17.6 Å². The first kappa shape index (κ1) is 17.4. The van der Waals surface area contributed by atoms with Crippen molar-refractivity contribution in [3.8, 4) is 17.1 Å². The first-order valence-electron chi connectivity index (χ1n) is 8.55. The average Bonchev–Trinajstić information content (AvgIpc) is 3.23. The van der Waals surface area contributed by atoms with E-state index in [0.717, 1.165) is 24.3 Å². The molecule has 2 aromatic rings. The van der Waals surface area contributed by atoms with Crippen molar-refractivity contribution >= 4 is 5.91 Å². The number of aromatic nitrogens is 2. The Labute approximate surface area is 147 Å². The van der Waals surface area contributed by atoms with Crippen molar-refractivity contribution < 1.29 is 14.1 Å². The number of nitrogens with zero attached hydrogens (tertiary/aromatic N) is 3. The van der Waals surface area contributed by atoms with Gasteiger partial charge in [-0.25, -0.2) is 0 Å². The zero-order valence-corrected chi connectivity index (χ0v) is 14.9. The molecule has 3 rings (SSSR count). The van der Waals surface area contributed by atoms with Gasteiger partial charge in [-0.15, -0.1) is 0 Å². The van der Waals surface area contributed by atoms with Crippen LogP contribution < -0.4 is 10.1 Å². The van der Waals surface area contributed by atoms with Crippen LogP contribution in [0, 0.1) is 0 Å². The van der Waals surface area contributed by atoms with Gasteiger partial charge in [0.1, 0.15) is 5.75 Å². The van der Waals surface area contributed by atoms with E-state index in [4.69, 9.17) is 9.26 Å². The molecule has 1 atom stereocenters. The van der Waals surface area contributed by atoms with Gasteiger partial charge >= 0.3 is 0 Å². The largest absolute Gasteiger partial charge is 0.497 e. The molecule has 7 heteroatoms. The number of nitrogens with one attached hydrogen (secondary N) is 1. The molecule has 1 fully saturated rings. The van der Waals surface area contributed by atoms with Crippen LogP contribution in [-0.2, 0) is 11.3 Å². The third kappa shape index (κ3) is 4.36. The van der Waals surface area contributed by atoms with E-state index in [0.29, 0.717) is 30.7 Å². The SMILES string of the molecule is COc1ccc(-c2noc(CN(C[C@@H]3CCC(=O)N3)C(C)C)n2)cc1. The van der Waals surface area contributed by atoms with E-state index in [1.54, 1.807) is 7.11 Å². The summed E-state index contributed by atoms with van der Waals surface area (Å²) in [5, 5.41) is 7.08. The van der Waals surface area contributed by atoms with Crippen LogP contribution in [0.25, 0.3) is 11.4 Å². The van der Waals surface area contributed by atoms with E-state index in [1.165, 1.54) is 0 Å². The molecule has 1 aliphatic rings. The Balaban J connectivity index is 1.66. The highest BCUT2D eigenvalue weighted by Crippen LogP contribution is 2.20. The third-order valence-electron chi connectivity index (χ3n) is 4.42. The van der Waals surface area contributed by atoms with E-state index in [9.17, 15) is 4.79 Å². The fraction of sp³-hybridized carbons (Fsp3) is 0.500. The molecule has 1 aliphatic heterocycles. The molecule has 0 saturated carbocycles. The predicted molar refractivity (Wildman–Crippen MR) is 93.0 cm³/mol. The number of amides is 1. The zero-order valence-electron chi connectivity index (χ0n) is 14.9. The van der Waals surface area contributed by atoms with Gasteiger partial charge in [0.25, 0.3) is 0 Å². The normalized spacial score (nSPS) is 17.3. The van der Waals surface area contributed by atoms with E-state index >= 15 is 0 Å². The van der Waals surface area contributed by atoms with Gasteiger partial charge in [-0.1, -0.05) is 5.16 Å². The minimum atomic E-state index is 0.133. The summed E-state index contributed by atoms with van der Waals surface area (Å²) in [6.07, 6.45) is 1.49. The van der Waals surface area contributed by atoms with E-state index < -0.39 is 0 Å². The maximum Gasteiger partial charge on any atom is 0.241 e. The summed E-state index contributed by atoms with van der Waals surface area (Å²) in [5.74, 6) is 2.06. The Morgan fingerprint density at radius 2 is 2.12 bits per heavy atom. The Morgan fingerprint density at radius 1 is 1.36 bits per heavy atom. The lowest BCUT2D eigenvalue weighted by molar-refractivity contribution is -0.119. The molecule has 0 unspecified atom stereocenters. The topological polar surface area (TPSA) is 80.5 Å². The van der Waals surface area contributed by atoms with Crippen LogP contribution in [0.1, 0.15) is 32.6 Å². The summed E-state index contributed by atoms with van der Waals surface area (Å²) in [4.78, 5) is 18.1. The summed E-state index contributed by atoms with van der Waals surface area (Å²) < 4.78 is 10.6. The zero-order chi connectivity index (χ0) is 17.8. The van der Waals surface area contributed by atoms with E-state index in [1.807, 2.05) is 24.3 Å². The predicted octanol–water partition coefficient (Wildman–Crippen LogP) is 2.23. The number of carbonyl (C=O) groups excluding carboxylic acids is 1. The van der Waals surface area contributed by atoms with Crippen molar-refractivity contribution in [2.75, 3.05) is 13.7 Å². The molecular formula is C18H24N4O3. The van der Waals surface area contributed by atoms with Crippen molar-refractivity contribution in [1.82, 2.24) is 20.4 Å². The second-order valence-electron chi connectivity index (χ2n) is 6.57. The summed E-state index contributed by atoms with van der Waals surface area (Å²) >= 11 is 0. The summed E-state index contributed by atoms with van der Waals surface area (Å²) in [6, 6.07) is 8.06. The number of methoxy groups -OCH3 is 1. The minimum Gasteiger partial charge on any atom is -0.497 e. The van der Waals surface area contributed by atoms with Crippen LogP contribution in [0.15, 0.2) is 28.8 Å². The Bertz CT molecular complexity index is 711. The molecule has 0 bridgehead atoms. The lowest BCUT2D eigenvalue weighted by Gasteiger charge is -2.27. The fourth-order valence-corrected chi connectivity index (χ4v) is 2.91. The molecule has 1 amide bonds. The smallest absolute Gasteiger partial charge is 0.241 e. The summed E-state index contributed by atoms with van der Waals surface area (Å²) in [7, 11) is 1.63. The summed E-state index contributed by atoms with van der Waals surface area (Å²) in [6.45, 7) is 5.59. The fourth-order valence-electron chi connectivity index (χ4n) is 2.91. The van der Waals surface area contributed by atoms with Gasteiger partial charge in [0, 0.05) is 30.6 Å². The highest BCUT2D eigenvalue weighted by molar-refractivity contribution is 5.78. The van der Waals surface area contributed by atoms with Gasteiger partial charge in [-0.2, -0.15) is 4.98 Å². The maximum absolute atomic E-state index is 11.4. The molecule has 0 spiro atoms. The lowest BCUT2D eigenvalue weighted by atomic mass is 10.2. The quantitative estimate of drug-likeness (QED) is 0.830. The number of ether oxygens (including phenoxy) is 1. The molecular weight excluding hydrogens is 320 g/mol. The Morgan fingerprint density at radius 3 is 2.72 bits per heavy atom. The standard InChI is InChI=1S/C18H24N4O3/c1-12(2)22(10-14-6-9-16(23)19-14)11-17-20-18(21-25-17)13-4-7-15(24-3)8-5-13/h4-5,7-8,12,14H,6,9-11H2,1-3H3,(H,19,23)/t14-/m0/s1. The average molecular weight is 344 g/mol. The second kappa shape index (κ2) is 7.65. The molecule has 7 nitrogen and oxygen atoms in total. The molecule has 1 aromatic carbocycles. The first-order chi connectivity index (χ1) is 12.0. The van der Waals surface area contributed by atoms with Gasteiger partial charge in [-0.05, 0) is 44.5 Å². The minimum absolute atomic E-state index is 0.133. The third-order valence-corrected chi connectivity index (χ3v) is 4.42. The van der Waals surface area contributed by atoms with Crippen molar-refractivity contribution in [2.24, 2.45) is 0 Å². The monoisotopic (exact) mass is 344 g/mol. The maximum atomic E-state index is 11.4. The van der Waals surface area contributed by atoms with Crippen LogP contribution in [-0.4, -0.2) is 46.7 Å². The van der Waals surface area contributed by atoms with Gasteiger partial charge in [-0.3, -0.25) is 9.69 Å². The first-order valence-corrected chi connectivity index (χ1v) is 8.55. The van der Waals surface area contributed by atoms with Gasteiger partial charge < -0.3 is 14.6 Å². The number of carbonyl (C=O) groups is 1. The highest BCUT2D eigenvalue weighted by atomic mass is 16.5. The highest BCUT2D eigenvalue weighted by Gasteiger charge is 2.25. The Hall–Kier alpha value is -2.41. The lowest BCUT2D eigenvalue weighted by Crippen LogP contribution is -2.41. The Kier molecular flexibility index (Phi) is 5.33. The van der Waals surface area contributed by atoms with Crippen molar-refractivity contribution in [3.05, 3.63) is 30.2 Å². The molecule has 2 heterocycles. The molecule has 0 radical (unpaired) electrons. The number of rotatable bonds is 7. The number of hydrogen-bond acceptors (Lipinski definition) is 6. The molecule has 1 N–H and O–H groups in total. The molecule has 0 aliphatic carbocycles. The number of benzene rings is 1. The summed E-state index contributed by atoms with van der Waals surface area (Å²) in [5.41, 5.74) is 0.884. The van der Waals surface area contributed by atoms with Gasteiger partial charge in [0.05, 0.1) is 13.7 Å². The second-order valence-corrected chi connectivity index (χ2v) is 6.57. The van der Waals surface area contributed by atoms with Crippen molar-refractivity contribution in [2.45, 2.75) is 45.3 Å². The molecule has 134 valence electrons. The van der Waals surface area contributed by atoms with Crippen LogP contribution in [0.4, 0.5) is 0 Å². The molecule has 1 aromatic heterocycles. The van der Waals surface area contributed by atoms with Crippen LogP contribution >= 0.6 is 0 Å². The van der Waals surface area contributed by atoms with E-state index in [2.05, 4.69) is 34.2 Å². The van der Waals surface area contributed by atoms with Crippen LogP contribution in [0.3, 0.4) is 0 Å². The van der Waals surface area contributed by atoms with E-state index in [-0.39, 0.29) is 11.9 Å². The van der Waals surface area contributed by atoms with Crippen molar-refractivity contribution in [1.29, 1.82) is 0 Å². The molecule has 1 saturated heterocycles. The van der Waals surface area contributed by atoms with Crippen LogP contribution in [0.2, 0.25) is 0 Å². The van der Waals surface area contributed by atoms with Crippen LogP contribution in [0.5, 0.6) is 5.75 Å². The number of hydrogen-bond donors (Lipinski definition) is 1.